The van der Waals surface area contributed by atoms with E-state index < -0.39 is 0 Å². The van der Waals surface area contributed by atoms with Gasteiger partial charge in [-0.3, -0.25) is 19.6 Å². The lowest BCUT2D eigenvalue weighted by Crippen LogP contribution is -2.53. The van der Waals surface area contributed by atoms with Gasteiger partial charge in [0.25, 0.3) is 0 Å². The molecule has 6 heteroatoms. The van der Waals surface area contributed by atoms with E-state index in [0.29, 0.717) is 12.8 Å². The second kappa shape index (κ2) is 12.1. The van der Waals surface area contributed by atoms with Crippen LogP contribution in [-0.2, 0) is 22.4 Å². The quantitative estimate of drug-likeness (QED) is 0.631. The summed E-state index contributed by atoms with van der Waals surface area (Å²) >= 11 is 0. The van der Waals surface area contributed by atoms with E-state index in [0.717, 1.165) is 62.8 Å². The molecule has 30 heavy (non-hydrogen) atoms. The topological polar surface area (TPSA) is 84.0 Å². The predicted molar refractivity (Wildman–Crippen MR) is 117 cm³/mol. The number of carbonyl (C=O) groups excluding carboxylic acids is 2. The van der Waals surface area contributed by atoms with Gasteiger partial charge in [0.15, 0.2) is 0 Å². The highest BCUT2D eigenvalue weighted by Gasteiger charge is 2.27. The van der Waals surface area contributed by atoms with Crippen molar-refractivity contribution >= 4 is 11.8 Å². The van der Waals surface area contributed by atoms with Gasteiger partial charge in [0, 0.05) is 48.7 Å². The minimum absolute atomic E-state index is 0.0286. The average molecular weight is 409 g/mol. The fourth-order valence-electron chi connectivity index (χ4n) is 3.99. The molecule has 0 unspecified atom stereocenters. The Labute approximate surface area is 178 Å². The van der Waals surface area contributed by atoms with E-state index >= 15 is 0 Å². The molecule has 3 rings (SSSR count). The molecule has 0 bridgehead atoms. The minimum Gasteiger partial charge on any atom is -0.351 e. The molecule has 1 saturated carbocycles. The molecule has 6 nitrogen and oxygen atoms in total. The summed E-state index contributed by atoms with van der Waals surface area (Å²) in [6, 6.07) is 11.7. The van der Waals surface area contributed by atoms with Crippen LogP contribution in [0.15, 0.2) is 48.8 Å². The third-order valence-corrected chi connectivity index (χ3v) is 5.58. The van der Waals surface area contributed by atoms with Crippen LogP contribution in [0.5, 0.6) is 0 Å². The molecule has 2 aromatic rings. The van der Waals surface area contributed by atoms with Crippen molar-refractivity contribution < 1.29 is 9.59 Å². The van der Waals surface area contributed by atoms with Gasteiger partial charge >= 0.3 is 0 Å². The summed E-state index contributed by atoms with van der Waals surface area (Å²) in [5.41, 5.74) is 2.03. The Hall–Kier alpha value is -2.76. The smallest absolute Gasteiger partial charge is 0.220 e. The molecule has 0 aromatic carbocycles. The van der Waals surface area contributed by atoms with E-state index in [-0.39, 0.29) is 23.9 Å². The zero-order chi connectivity index (χ0) is 21.0. The maximum Gasteiger partial charge on any atom is 0.220 e. The van der Waals surface area contributed by atoms with Crippen LogP contribution in [0, 0.1) is 0 Å². The van der Waals surface area contributed by atoms with Crippen LogP contribution in [0.4, 0.5) is 0 Å². The highest BCUT2D eigenvalue weighted by molar-refractivity contribution is 5.78. The largest absolute Gasteiger partial charge is 0.351 e. The maximum atomic E-state index is 12.4. The van der Waals surface area contributed by atoms with Crippen LogP contribution in [0.3, 0.4) is 0 Å². The van der Waals surface area contributed by atoms with Gasteiger partial charge in [-0.2, -0.15) is 0 Å². The molecule has 1 aliphatic rings. The number of hydrogen-bond donors (Lipinski definition) is 2. The van der Waals surface area contributed by atoms with Crippen molar-refractivity contribution in [3.8, 4) is 0 Å². The SMILES string of the molecule is O=C(CCCc1ccccn1)N[C@@H]1CCCC[C@H]1NC(=O)CCCc1ccccn1. The molecule has 0 radical (unpaired) electrons. The lowest BCUT2D eigenvalue weighted by Gasteiger charge is -2.33. The fraction of sp³-hybridized carbons (Fsp3) is 0.500. The van der Waals surface area contributed by atoms with E-state index in [4.69, 9.17) is 0 Å². The average Bonchev–Trinajstić information content (AvgIpc) is 2.77. The van der Waals surface area contributed by atoms with Crippen LogP contribution in [0.25, 0.3) is 0 Å². The Morgan fingerprint density at radius 2 is 1.23 bits per heavy atom. The van der Waals surface area contributed by atoms with Crippen LogP contribution in [-0.4, -0.2) is 33.9 Å². The molecule has 2 N–H and O–H groups in total. The first-order valence-corrected chi connectivity index (χ1v) is 11.1. The van der Waals surface area contributed by atoms with E-state index in [9.17, 15) is 9.59 Å². The molecule has 160 valence electrons. The summed E-state index contributed by atoms with van der Waals surface area (Å²) in [6.07, 6.45) is 11.7. The van der Waals surface area contributed by atoms with Crippen molar-refractivity contribution in [2.24, 2.45) is 0 Å². The summed E-state index contributed by atoms with van der Waals surface area (Å²) in [7, 11) is 0. The molecule has 2 atom stereocenters. The maximum absolute atomic E-state index is 12.4. The molecule has 2 heterocycles. The first kappa shape index (κ1) is 21.9. The van der Waals surface area contributed by atoms with Gasteiger partial charge in [-0.25, -0.2) is 0 Å². The number of aryl methyl sites for hydroxylation is 2. The van der Waals surface area contributed by atoms with E-state index in [1.54, 1.807) is 12.4 Å². The normalized spacial score (nSPS) is 18.5. The highest BCUT2D eigenvalue weighted by Crippen LogP contribution is 2.19. The van der Waals surface area contributed by atoms with Gasteiger partial charge in [-0.15, -0.1) is 0 Å². The lowest BCUT2D eigenvalue weighted by molar-refractivity contribution is -0.125. The van der Waals surface area contributed by atoms with Crippen LogP contribution >= 0.6 is 0 Å². The standard InChI is InChI=1S/C24H32N4O2/c29-23(15-7-11-19-9-3-5-17-25-19)27-21-13-1-2-14-22(21)28-24(30)16-8-12-20-10-4-6-18-26-20/h3-6,9-10,17-18,21-22H,1-2,7-8,11-16H2,(H,27,29)(H,28,30)/t21-,22-/m1/s1. The molecule has 0 aliphatic heterocycles. The number of nitrogens with one attached hydrogen (secondary N) is 2. The lowest BCUT2D eigenvalue weighted by atomic mass is 9.90. The second-order valence-corrected chi connectivity index (χ2v) is 7.98. The van der Waals surface area contributed by atoms with Gasteiger partial charge in [0.05, 0.1) is 0 Å². The molecule has 1 aliphatic carbocycles. The number of amides is 2. The molecule has 0 saturated heterocycles. The zero-order valence-electron chi connectivity index (χ0n) is 17.6. The third kappa shape index (κ3) is 7.58. The molecule has 0 spiro atoms. The van der Waals surface area contributed by atoms with Gasteiger partial charge in [0.2, 0.25) is 11.8 Å². The minimum atomic E-state index is 0.0286. The Bertz CT molecular complexity index is 715. The van der Waals surface area contributed by atoms with Crippen molar-refractivity contribution in [1.82, 2.24) is 20.6 Å². The van der Waals surface area contributed by atoms with Gasteiger partial charge in [-0.05, 0) is 62.8 Å². The summed E-state index contributed by atoms with van der Waals surface area (Å²) < 4.78 is 0. The summed E-state index contributed by atoms with van der Waals surface area (Å²) in [5.74, 6) is 0.125. The van der Waals surface area contributed by atoms with Crippen LogP contribution in [0.1, 0.15) is 62.8 Å². The van der Waals surface area contributed by atoms with E-state index in [1.165, 1.54) is 0 Å². The first-order chi connectivity index (χ1) is 14.7. The van der Waals surface area contributed by atoms with Crippen molar-refractivity contribution in [1.29, 1.82) is 0 Å². The third-order valence-electron chi connectivity index (χ3n) is 5.58. The summed E-state index contributed by atoms with van der Waals surface area (Å²) in [6.45, 7) is 0. The summed E-state index contributed by atoms with van der Waals surface area (Å²) in [4.78, 5) is 33.4. The number of carbonyl (C=O) groups is 2. The molecule has 2 aromatic heterocycles. The van der Waals surface area contributed by atoms with E-state index in [2.05, 4.69) is 20.6 Å². The number of nitrogens with zero attached hydrogens (tertiary/aromatic N) is 2. The molecule has 2 amide bonds. The molecular formula is C24H32N4O2. The Morgan fingerprint density at radius 3 is 1.63 bits per heavy atom. The Balaban J connectivity index is 1.38. The van der Waals surface area contributed by atoms with Crippen molar-refractivity contribution in [2.45, 2.75) is 76.3 Å². The Kier molecular flexibility index (Phi) is 8.81. The van der Waals surface area contributed by atoms with Crippen LogP contribution < -0.4 is 10.6 Å². The van der Waals surface area contributed by atoms with Crippen molar-refractivity contribution in [3.05, 3.63) is 60.2 Å². The van der Waals surface area contributed by atoms with Gasteiger partial charge in [0.1, 0.15) is 0 Å². The van der Waals surface area contributed by atoms with Crippen molar-refractivity contribution in [3.63, 3.8) is 0 Å². The summed E-state index contributed by atoms with van der Waals surface area (Å²) in [5, 5.41) is 6.32. The van der Waals surface area contributed by atoms with Crippen LogP contribution in [0.2, 0.25) is 0 Å². The first-order valence-electron chi connectivity index (χ1n) is 11.1. The fourth-order valence-corrected chi connectivity index (χ4v) is 3.99. The van der Waals surface area contributed by atoms with Crippen molar-refractivity contribution in [2.75, 3.05) is 0 Å². The van der Waals surface area contributed by atoms with E-state index in [1.807, 2.05) is 36.4 Å². The monoisotopic (exact) mass is 408 g/mol. The zero-order valence-corrected chi connectivity index (χ0v) is 17.6. The van der Waals surface area contributed by atoms with Gasteiger partial charge in [-0.1, -0.05) is 25.0 Å². The molecule has 1 fully saturated rings. The second-order valence-electron chi connectivity index (χ2n) is 7.98. The highest BCUT2D eigenvalue weighted by atomic mass is 16.2. The predicted octanol–water partition coefficient (Wildman–Crippen LogP) is 3.37. The Morgan fingerprint density at radius 1 is 0.767 bits per heavy atom. The number of aromatic nitrogens is 2. The number of rotatable bonds is 10. The molecular weight excluding hydrogens is 376 g/mol. The van der Waals surface area contributed by atoms with Gasteiger partial charge < -0.3 is 10.6 Å². The number of hydrogen-bond acceptors (Lipinski definition) is 4. The number of pyridine rings is 2.